The number of hydrogen-bond acceptors (Lipinski definition) is 0. The highest BCUT2D eigenvalue weighted by Gasteiger charge is 2.10. The van der Waals surface area contributed by atoms with Crippen LogP contribution in [0.5, 0.6) is 0 Å². The van der Waals surface area contributed by atoms with E-state index in [9.17, 15) is 0 Å². The van der Waals surface area contributed by atoms with Gasteiger partial charge in [0, 0.05) is 0 Å². The molecule has 2 aromatic carbocycles. The Kier molecular flexibility index (Phi) is 21.0. The molecule has 0 heteroatoms. The minimum Gasteiger partial charge on any atom is -0.0807 e. The van der Waals surface area contributed by atoms with E-state index in [1.54, 1.807) is 0 Å². The standard InChI is InChI=1S/C12H14.C11H16.3C2H6.CH4/c1-9-5-3-7-11-8-4-6-10(2)12(9)11;1-8(2)11-6-5-9(3)7-10(11)4;3*1-2;/h3,5-7H,4,8H2,1-2H3;5-8H,1-4H3;3*1-2H3;1H4. The first-order chi connectivity index (χ1) is 13.9. The Morgan fingerprint density at radius 2 is 1.30 bits per heavy atom. The van der Waals surface area contributed by atoms with Gasteiger partial charge in [-0.25, -0.2) is 0 Å². The molecule has 0 atom stereocenters. The lowest BCUT2D eigenvalue weighted by atomic mass is 9.89. The molecule has 0 amide bonds. The fourth-order valence-electron chi connectivity index (χ4n) is 3.52. The fraction of sp³-hybridized carbons (Fsp3) is 0.533. The number of benzene rings is 2. The van der Waals surface area contributed by atoms with Crippen molar-refractivity contribution in [3.8, 4) is 0 Å². The molecule has 2 aromatic rings. The number of rotatable bonds is 1. The smallest absolute Gasteiger partial charge is 0.0169 e. The van der Waals surface area contributed by atoms with E-state index < -0.39 is 0 Å². The van der Waals surface area contributed by atoms with Crippen LogP contribution in [0.3, 0.4) is 0 Å². The maximum atomic E-state index is 2.34. The number of allylic oxidation sites excluding steroid dienone is 2. The van der Waals surface area contributed by atoms with Crippen molar-refractivity contribution in [2.24, 2.45) is 0 Å². The maximum Gasteiger partial charge on any atom is -0.0169 e. The molecule has 172 valence electrons. The van der Waals surface area contributed by atoms with Crippen LogP contribution in [0, 0.1) is 20.8 Å². The molecule has 0 bridgehead atoms. The van der Waals surface area contributed by atoms with E-state index in [1.165, 1.54) is 51.8 Å². The predicted octanol–water partition coefficient (Wildman–Crippen LogP) is 10.5. The van der Waals surface area contributed by atoms with Crippen molar-refractivity contribution in [2.45, 2.75) is 109 Å². The lowest BCUT2D eigenvalue weighted by Crippen LogP contribution is -1.99. The first-order valence-corrected chi connectivity index (χ1v) is 11.7. The highest BCUT2D eigenvalue weighted by atomic mass is 14.1. The summed E-state index contributed by atoms with van der Waals surface area (Å²) >= 11 is 0. The van der Waals surface area contributed by atoms with Crippen molar-refractivity contribution in [2.75, 3.05) is 0 Å². The van der Waals surface area contributed by atoms with Crippen LogP contribution in [0.4, 0.5) is 0 Å². The molecule has 0 spiro atoms. The van der Waals surface area contributed by atoms with Gasteiger partial charge in [0.2, 0.25) is 0 Å². The van der Waals surface area contributed by atoms with Gasteiger partial charge in [-0.2, -0.15) is 0 Å². The van der Waals surface area contributed by atoms with E-state index in [2.05, 4.69) is 84.0 Å². The Hall–Kier alpha value is -1.82. The van der Waals surface area contributed by atoms with Crippen molar-refractivity contribution in [3.63, 3.8) is 0 Å². The molecular formula is C30H52. The van der Waals surface area contributed by atoms with Crippen LogP contribution >= 0.6 is 0 Å². The first kappa shape index (κ1) is 32.8. The van der Waals surface area contributed by atoms with Crippen molar-refractivity contribution >= 4 is 5.57 Å². The van der Waals surface area contributed by atoms with E-state index in [1.807, 2.05) is 41.5 Å². The zero-order valence-corrected chi connectivity index (χ0v) is 21.5. The Labute approximate surface area is 190 Å². The Balaban J connectivity index is -0.000000380. The van der Waals surface area contributed by atoms with Crippen molar-refractivity contribution in [3.05, 3.63) is 75.9 Å². The lowest BCUT2D eigenvalue weighted by molar-refractivity contribution is 0.855. The van der Waals surface area contributed by atoms with E-state index >= 15 is 0 Å². The van der Waals surface area contributed by atoms with Crippen LogP contribution in [0.15, 0.2) is 42.5 Å². The molecule has 0 aliphatic heterocycles. The molecule has 0 radical (unpaired) electrons. The van der Waals surface area contributed by atoms with E-state index in [0.717, 1.165) is 0 Å². The third-order valence-electron chi connectivity index (χ3n) is 4.66. The summed E-state index contributed by atoms with van der Waals surface area (Å²) < 4.78 is 0. The van der Waals surface area contributed by atoms with Gasteiger partial charge in [0.1, 0.15) is 0 Å². The van der Waals surface area contributed by atoms with Crippen LogP contribution in [-0.2, 0) is 6.42 Å². The van der Waals surface area contributed by atoms with E-state index in [4.69, 9.17) is 0 Å². The quantitative estimate of drug-likeness (QED) is 0.437. The van der Waals surface area contributed by atoms with Gasteiger partial charge in [-0.3, -0.25) is 0 Å². The van der Waals surface area contributed by atoms with Gasteiger partial charge in [-0.05, 0) is 79.8 Å². The van der Waals surface area contributed by atoms with Gasteiger partial charge in [0.15, 0.2) is 0 Å². The molecule has 1 aliphatic rings. The fourth-order valence-corrected chi connectivity index (χ4v) is 3.52. The Morgan fingerprint density at radius 1 is 0.733 bits per heavy atom. The average Bonchev–Trinajstić information content (AvgIpc) is 2.73. The van der Waals surface area contributed by atoms with Gasteiger partial charge >= 0.3 is 0 Å². The Bertz CT molecular complexity index is 702. The second-order valence-corrected chi connectivity index (χ2v) is 7.05. The van der Waals surface area contributed by atoms with Crippen LogP contribution in [0.1, 0.15) is 115 Å². The lowest BCUT2D eigenvalue weighted by Gasteiger charge is -2.16. The molecule has 0 unspecified atom stereocenters. The van der Waals surface area contributed by atoms with Crippen LogP contribution < -0.4 is 0 Å². The first-order valence-electron chi connectivity index (χ1n) is 11.7. The summed E-state index contributed by atoms with van der Waals surface area (Å²) in [6, 6.07) is 13.3. The van der Waals surface area contributed by atoms with E-state index in [0.29, 0.717) is 5.92 Å². The topological polar surface area (TPSA) is 0 Å². The molecular weight excluding hydrogens is 360 g/mol. The summed E-state index contributed by atoms with van der Waals surface area (Å²) in [6.45, 7) is 25.2. The molecule has 0 fully saturated rings. The second-order valence-electron chi connectivity index (χ2n) is 7.05. The summed E-state index contributed by atoms with van der Waals surface area (Å²) in [4.78, 5) is 0. The predicted molar refractivity (Wildman–Crippen MR) is 144 cm³/mol. The largest absolute Gasteiger partial charge is 0.0807 e. The average molecular weight is 413 g/mol. The normalized spacial score (nSPS) is 10.6. The Morgan fingerprint density at radius 3 is 1.77 bits per heavy atom. The summed E-state index contributed by atoms with van der Waals surface area (Å²) in [5, 5.41) is 0. The van der Waals surface area contributed by atoms with Crippen molar-refractivity contribution in [1.82, 2.24) is 0 Å². The molecule has 30 heavy (non-hydrogen) atoms. The molecule has 0 N–H and O–H groups in total. The number of aryl methyl sites for hydroxylation is 4. The molecule has 0 saturated carbocycles. The summed E-state index contributed by atoms with van der Waals surface area (Å²) in [7, 11) is 0. The third kappa shape index (κ3) is 10.8. The summed E-state index contributed by atoms with van der Waals surface area (Å²) in [5.74, 6) is 0.649. The second kappa shape index (κ2) is 19.2. The van der Waals surface area contributed by atoms with Crippen molar-refractivity contribution in [1.29, 1.82) is 0 Å². The summed E-state index contributed by atoms with van der Waals surface area (Å²) in [6.07, 6.45) is 4.77. The van der Waals surface area contributed by atoms with Crippen LogP contribution in [-0.4, -0.2) is 0 Å². The number of fused-ring (bicyclic) bond motifs is 1. The van der Waals surface area contributed by atoms with Crippen LogP contribution in [0.2, 0.25) is 0 Å². The van der Waals surface area contributed by atoms with Crippen LogP contribution in [0.25, 0.3) is 5.57 Å². The molecule has 1 aliphatic carbocycles. The molecule has 0 aromatic heterocycles. The van der Waals surface area contributed by atoms with Gasteiger partial charge in [0.25, 0.3) is 0 Å². The zero-order valence-electron chi connectivity index (χ0n) is 21.5. The van der Waals surface area contributed by atoms with Gasteiger partial charge in [0.05, 0.1) is 0 Å². The molecule has 0 nitrogen and oxygen atoms in total. The van der Waals surface area contributed by atoms with Gasteiger partial charge in [-0.1, -0.05) is 111 Å². The highest BCUT2D eigenvalue weighted by Crippen LogP contribution is 2.28. The van der Waals surface area contributed by atoms with E-state index in [-0.39, 0.29) is 7.43 Å². The zero-order chi connectivity index (χ0) is 23.0. The molecule has 3 rings (SSSR count). The van der Waals surface area contributed by atoms with Gasteiger partial charge < -0.3 is 0 Å². The maximum absolute atomic E-state index is 2.34. The minimum atomic E-state index is 0. The minimum absolute atomic E-state index is 0. The highest BCUT2D eigenvalue weighted by molar-refractivity contribution is 5.70. The molecule has 0 saturated heterocycles. The molecule has 0 heterocycles. The van der Waals surface area contributed by atoms with Crippen molar-refractivity contribution < 1.29 is 0 Å². The number of hydrogen-bond donors (Lipinski definition) is 0. The SMILES string of the molecule is C.CC.CC.CC.CC1=CCCc2cccc(C)c21.Cc1ccc(C(C)C)c(C)c1. The van der Waals surface area contributed by atoms with Gasteiger partial charge in [-0.15, -0.1) is 0 Å². The summed E-state index contributed by atoms with van der Waals surface area (Å²) in [5.41, 5.74) is 10.1. The monoisotopic (exact) mass is 412 g/mol. The third-order valence-corrected chi connectivity index (χ3v) is 4.66.